The molecule has 2 fully saturated rings. The molecule has 0 spiro atoms. The fraction of sp³-hybridized carbons (Fsp3) is 0.467. The van der Waals surface area contributed by atoms with Gasteiger partial charge in [0.25, 0.3) is 5.91 Å². The third-order valence-electron chi connectivity index (χ3n) is 7.41. The maximum absolute atomic E-state index is 13.3. The minimum absolute atomic E-state index is 0.193. The van der Waals surface area contributed by atoms with Crippen LogP contribution in [0.25, 0.3) is 6.08 Å². The third kappa shape index (κ3) is 6.79. The van der Waals surface area contributed by atoms with Gasteiger partial charge < -0.3 is 19.5 Å². The van der Waals surface area contributed by atoms with Crippen LogP contribution >= 0.6 is 35.3 Å². The van der Waals surface area contributed by atoms with Gasteiger partial charge in [-0.3, -0.25) is 14.5 Å². The largest absolute Gasteiger partial charge is 0.493 e. The molecule has 1 aromatic carbocycles. The highest BCUT2D eigenvalue weighted by Gasteiger charge is 2.34. The van der Waals surface area contributed by atoms with Crippen molar-refractivity contribution in [3.8, 4) is 11.5 Å². The topological polar surface area (TPSA) is 94.2 Å². The minimum atomic E-state index is -0.429. The van der Waals surface area contributed by atoms with E-state index in [1.165, 1.54) is 35.5 Å². The molecule has 2 amide bonds. The maximum atomic E-state index is 13.3. The Balaban J connectivity index is 1.27. The average Bonchev–Trinajstić information content (AvgIpc) is 3.46. The van der Waals surface area contributed by atoms with Gasteiger partial charge in [0.05, 0.1) is 30.3 Å². The van der Waals surface area contributed by atoms with E-state index >= 15 is 0 Å². The number of benzene rings is 1. The van der Waals surface area contributed by atoms with Crippen LogP contribution in [-0.2, 0) is 27.2 Å². The van der Waals surface area contributed by atoms with E-state index in [0.29, 0.717) is 31.3 Å². The first-order valence-electron chi connectivity index (χ1n) is 14.1. The summed E-state index contributed by atoms with van der Waals surface area (Å²) in [6.07, 6.45) is 11.3. The molecule has 11 heteroatoms. The number of esters is 1. The van der Waals surface area contributed by atoms with Gasteiger partial charge in [0.2, 0.25) is 5.91 Å². The van der Waals surface area contributed by atoms with Crippen molar-refractivity contribution in [3.63, 3.8) is 0 Å². The molecule has 1 saturated carbocycles. The number of rotatable bonds is 9. The Labute approximate surface area is 253 Å². The van der Waals surface area contributed by atoms with Gasteiger partial charge in [-0.15, -0.1) is 11.3 Å². The van der Waals surface area contributed by atoms with E-state index in [4.69, 9.17) is 26.4 Å². The predicted octanol–water partition coefficient (Wildman–Crippen LogP) is 6.36. The zero-order valence-corrected chi connectivity index (χ0v) is 25.7. The lowest BCUT2D eigenvalue weighted by atomic mass is 9.95. The van der Waals surface area contributed by atoms with Gasteiger partial charge in [-0.1, -0.05) is 36.5 Å². The van der Waals surface area contributed by atoms with E-state index in [0.717, 1.165) is 66.3 Å². The molecule has 8 nitrogen and oxygen atoms in total. The van der Waals surface area contributed by atoms with Crippen molar-refractivity contribution in [3.05, 3.63) is 44.7 Å². The van der Waals surface area contributed by atoms with Crippen LogP contribution in [0.5, 0.6) is 11.5 Å². The van der Waals surface area contributed by atoms with Crippen LogP contribution in [0.1, 0.15) is 78.2 Å². The molecule has 2 aromatic rings. The molecule has 0 bridgehead atoms. The molecule has 41 heavy (non-hydrogen) atoms. The number of ether oxygens (including phenoxy) is 3. The second kappa shape index (κ2) is 13.4. The van der Waals surface area contributed by atoms with Crippen LogP contribution < -0.4 is 14.8 Å². The number of nitrogens with zero attached hydrogens (tertiary/aromatic N) is 1. The standard InChI is InChI=1S/C30H34N2O6S3/c1-3-37-29(35)26-20-11-7-8-12-23(20)40-27(26)31-25(33)17-32-28(34)24(41-30(32)39)16-18-13-14-21(22(15-18)36-2)38-19-9-5-4-6-10-19/h13-16,19H,3-12,17H2,1-2H3,(H,31,33)/b24-16-. The number of hydrogen-bond acceptors (Lipinski definition) is 9. The Morgan fingerprint density at radius 2 is 1.90 bits per heavy atom. The number of amides is 2. The molecule has 218 valence electrons. The fourth-order valence-electron chi connectivity index (χ4n) is 5.40. The fourth-order valence-corrected chi connectivity index (χ4v) is 7.95. The summed E-state index contributed by atoms with van der Waals surface area (Å²) in [6, 6.07) is 5.59. The number of aryl methyl sites for hydroxylation is 1. The summed E-state index contributed by atoms with van der Waals surface area (Å²) < 4.78 is 17.3. The summed E-state index contributed by atoms with van der Waals surface area (Å²) in [7, 11) is 1.60. The minimum Gasteiger partial charge on any atom is -0.493 e. The van der Waals surface area contributed by atoms with Crippen molar-refractivity contribution in [2.75, 3.05) is 25.6 Å². The van der Waals surface area contributed by atoms with Crippen LogP contribution in [0.3, 0.4) is 0 Å². The number of hydrogen-bond donors (Lipinski definition) is 1. The monoisotopic (exact) mass is 614 g/mol. The van der Waals surface area contributed by atoms with Gasteiger partial charge in [-0.25, -0.2) is 4.79 Å². The Morgan fingerprint density at radius 1 is 1.12 bits per heavy atom. The van der Waals surface area contributed by atoms with Crippen LogP contribution in [0.4, 0.5) is 5.00 Å². The normalized spacial score (nSPS) is 18.4. The molecular formula is C30H34N2O6S3. The van der Waals surface area contributed by atoms with Crippen molar-refractivity contribution >= 4 is 68.5 Å². The zero-order chi connectivity index (χ0) is 28.9. The molecule has 2 aliphatic carbocycles. The van der Waals surface area contributed by atoms with Crippen molar-refractivity contribution in [1.29, 1.82) is 0 Å². The lowest BCUT2D eigenvalue weighted by Gasteiger charge is -2.24. The molecule has 0 unspecified atom stereocenters. The van der Waals surface area contributed by atoms with Gasteiger partial charge in [-0.2, -0.15) is 0 Å². The quantitative estimate of drug-likeness (QED) is 0.198. The number of carbonyl (C=O) groups excluding carboxylic acids is 3. The number of fused-ring (bicyclic) bond motifs is 1. The van der Waals surface area contributed by atoms with Crippen LogP contribution in [-0.4, -0.2) is 53.4 Å². The summed E-state index contributed by atoms with van der Waals surface area (Å²) in [5, 5.41) is 3.34. The SMILES string of the molecule is CCOC(=O)c1c(NC(=O)CN2C(=O)/C(=C/c3ccc(OC4CCCCC4)c(OC)c3)SC2=S)sc2c1CCCC2. The van der Waals surface area contributed by atoms with E-state index in [2.05, 4.69) is 5.32 Å². The predicted molar refractivity (Wildman–Crippen MR) is 166 cm³/mol. The lowest BCUT2D eigenvalue weighted by Crippen LogP contribution is -2.36. The van der Waals surface area contributed by atoms with E-state index in [1.54, 1.807) is 20.1 Å². The van der Waals surface area contributed by atoms with Crippen molar-refractivity contribution in [2.24, 2.45) is 0 Å². The highest BCUT2D eigenvalue weighted by atomic mass is 32.2. The summed E-state index contributed by atoms with van der Waals surface area (Å²) in [6.45, 7) is 1.76. The van der Waals surface area contributed by atoms with Gasteiger partial charge in [-0.05, 0) is 87.6 Å². The molecule has 0 atom stereocenters. The smallest absolute Gasteiger partial charge is 0.341 e. The summed E-state index contributed by atoms with van der Waals surface area (Å²) in [5.41, 5.74) is 2.18. The third-order valence-corrected chi connectivity index (χ3v) is 10.00. The van der Waals surface area contributed by atoms with Crippen LogP contribution in [0.15, 0.2) is 23.1 Å². The first-order chi connectivity index (χ1) is 19.9. The molecule has 3 aliphatic rings. The zero-order valence-electron chi connectivity index (χ0n) is 23.3. The van der Waals surface area contributed by atoms with Crippen LogP contribution in [0, 0.1) is 0 Å². The average molecular weight is 615 g/mol. The van der Waals surface area contributed by atoms with Gasteiger partial charge in [0.15, 0.2) is 11.5 Å². The second-order valence-electron chi connectivity index (χ2n) is 10.2. The maximum Gasteiger partial charge on any atom is 0.341 e. The highest BCUT2D eigenvalue weighted by molar-refractivity contribution is 8.26. The highest BCUT2D eigenvalue weighted by Crippen LogP contribution is 2.39. The number of carbonyl (C=O) groups is 3. The molecular weight excluding hydrogens is 581 g/mol. The first-order valence-corrected chi connectivity index (χ1v) is 16.1. The Hall–Kier alpha value is -2.89. The number of methoxy groups -OCH3 is 1. The first kappa shape index (κ1) is 29.6. The van der Waals surface area contributed by atoms with Crippen LogP contribution in [0.2, 0.25) is 0 Å². The molecule has 1 saturated heterocycles. The number of thiocarbonyl (C=S) groups is 1. The van der Waals surface area contributed by atoms with Crippen molar-refractivity contribution in [1.82, 2.24) is 4.90 Å². The summed E-state index contributed by atoms with van der Waals surface area (Å²) in [4.78, 5) is 41.9. The number of thioether (sulfide) groups is 1. The van der Waals surface area contributed by atoms with Gasteiger partial charge in [0, 0.05) is 4.88 Å². The molecule has 1 aliphatic heterocycles. The van der Waals surface area contributed by atoms with Crippen molar-refractivity contribution in [2.45, 2.75) is 70.8 Å². The Bertz CT molecular complexity index is 1380. The molecule has 5 rings (SSSR count). The van der Waals surface area contributed by atoms with Gasteiger partial charge in [0.1, 0.15) is 15.9 Å². The van der Waals surface area contributed by atoms with E-state index < -0.39 is 11.9 Å². The number of anilines is 1. The Kier molecular flexibility index (Phi) is 9.67. The lowest BCUT2D eigenvalue weighted by molar-refractivity contribution is -0.126. The van der Waals surface area contributed by atoms with Gasteiger partial charge >= 0.3 is 5.97 Å². The van der Waals surface area contributed by atoms with E-state index in [9.17, 15) is 14.4 Å². The molecule has 2 heterocycles. The van der Waals surface area contributed by atoms with E-state index in [1.807, 2.05) is 18.2 Å². The number of thiophene rings is 1. The number of nitrogens with one attached hydrogen (secondary N) is 1. The molecule has 0 radical (unpaired) electrons. The summed E-state index contributed by atoms with van der Waals surface area (Å²) in [5.74, 6) is 0.111. The Morgan fingerprint density at radius 3 is 2.66 bits per heavy atom. The second-order valence-corrected chi connectivity index (χ2v) is 13.0. The molecule has 1 aromatic heterocycles. The van der Waals surface area contributed by atoms with Crippen molar-refractivity contribution < 1.29 is 28.6 Å². The molecule has 1 N–H and O–H groups in total. The summed E-state index contributed by atoms with van der Waals surface area (Å²) >= 11 is 8.02. The van der Waals surface area contributed by atoms with E-state index in [-0.39, 0.29) is 25.2 Å².